The van der Waals surface area contributed by atoms with E-state index in [4.69, 9.17) is 16.3 Å². The zero-order valence-corrected chi connectivity index (χ0v) is 7.89. The van der Waals surface area contributed by atoms with E-state index in [1.807, 2.05) is 0 Å². The highest BCUT2D eigenvalue weighted by Crippen LogP contribution is 2.13. The van der Waals surface area contributed by atoms with Crippen LogP contribution in [0.1, 0.15) is 0 Å². The molecule has 1 heterocycles. The molecule has 5 nitrogen and oxygen atoms in total. The lowest BCUT2D eigenvalue weighted by molar-refractivity contribution is 0.211. The molecule has 13 heavy (non-hydrogen) atoms. The van der Waals surface area contributed by atoms with E-state index in [9.17, 15) is 4.79 Å². The Labute approximate surface area is 80.1 Å². The van der Waals surface area contributed by atoms with Crippen molar-refractivity contribution >= 4 is 17.3 Å². The van der Waals surface area contributed by atoms with Crippen molar-refractivity contribution in [2.45, 2.75) is 0 Å². The van der Waals surface area contributed by atoms with Gasteiger partial charge in [-0.25, -0.2) is 5.10 Å². The summed E-state index contributed by atoms with van der Waals surface area (Å²) in [6.45, 7) is 1.13. The molecule has 2 N–H and O–H groups in total. The van der Waals surface area contributed by atoms with Gasteiger partial charge >= 0.3 is 0 Å². The highest BCUT2D eigenvalue weighted by atomic mass is 35.5. The third-order valence-corrected chi connectivity index (χ3v) is 1.79. The monoisotopic (exact) mass is 203 g/mol. The van der Waals surface area contributed by atoms with Crippen molar-refractivity contribution < 1.29 is 4.74 Å². The molecule has 1 aromatic rings. The van der Waals surface area contributed by atoms with Crippen molar-refractivity contribution in [3.05, 3.63) is 21.6 Å². The molecule has 0 amide bonds. The Kier molecular flexibility index (Phi) is 3.72. The van der Waals surface area contributed by atoms with Crippen LogP contribution in [0.2, 0.25) is 5.02 Å². The molecule has 0 unspecified atom stereocenters. The first-order chi connectivity index (χ1) is 6.25. The molecule has 0 saturated carbocycles. The van der Waals surface area contributed by atoms with Gasteiger partial charge in [-0.15, -0.1) is 0 Å². The Morgan fingerprint density at radius 3 is 3.23 bits per heavy atom. The number of nitrogens with zero attached hydrogens (tertiary/aromatic N) is 1. The summed E-state index contributed by atoms with van der Waals surface area (Å²) in [5, 5.41) is 8.85. The van der Waals surface area contributed by atoms with Crippen LogP contribution in [0, 0.1) is 0 Å². The van der Waals surface area contributed by atoms with Gasteiger partial charge < -0.3 is 10.1 Å². The van der Waals surface area contributed by atoms with Crippen LogP contribution in [0.5, 0.6) is 0 Å². The van der Waals surface area contributed by atoms with Crippen molar-refractivity contribution in [1.82, 2.24) is 10.2 Å². The van der Waals surface area contributed by atoms with Gasteiger partial charge in [0.1, 0.15) is 5.02 Å². The molecule has 6 heteroatoms. The zero-order valence-electron chi connectivity index (χ0n) is 7.13. The molecule has 0 spiro atoms. The van der Waals surface area contributed by atoms with Gasteiger partial charge in [0.15, 0.2) is 0 Å². The fraction of sp³-hybridized carbons (Fsp3) is 0.429. The number of nitrogens with one attached hydrogen (secondary N) is 2. The van der Waals surface area contributed by atoms with Crippen LogP contribution >= 0.6 is 11.6 Å². The number of ether oxygens (including phenoxy) is 1. The number of aromatic amines is 1. The molecule has 72 valence electrons. The van der Waals surface area contributed by atoms with Crippen molar-refractivity contribution in [2.75, 3.05) is 25.6 Å². The first-order valence-corrected chi connectivity index (χ1v) is 4.09. The molecule has 0 fully saturated rings. The van der Waals surface area contributed by atoms with Crippen LogP contribution in [0.3, 0.4) is 0 Å². The summed E-state index contributed by atoms with van der Waals surface area (Å²) in [5.74, 6) is 0. The normalized spacial score (nSPS) is 10.0. The van der Waals surface area contributed by atoms with Crippen molar-refractivity contribution in [1.29, 1.82) is 0 Å². The molecule has 0 bridgehead atoms. The Hall–Kier alpha value is -1.07. The molecule has 0 radical (unpaired) electrons. The minimum atomic E-state index is -0.399. The first kappa shape index (κ1) is 10.0. The molecule has 0 atom stereocenters. The highest BCUT2D eigenvalue weighted by Gasteiger charge is 2.02. The number of methoxy groups -OCH3 is 1. The summed E-state index contributed by atoms with van der Waals surface area (Å²) in [6.07, 6.45) is 1.46. The average molecular weight is 204 g/mol. The van der Waals surface area contributed by atoms with E-state index >= 15 is 0 Å². The van der Waals surface area contributed by atoms with Gasteiger partial charge in [-0.3, -0.25) is 4.79 Å². The summed E-state index contributed by atoms with van der Waals surface area (Å²) in [7, 11) is 1.60. The van der Waals surface area contributed by atoms with E-state index in [1.165, 1.54) is 6.20 Å². The van der Waals surface area contributed by atoms with Gasteiger partial charge in [0, 0.05) is 13.7 Å². The predicted molar refractivity (Wildman–Crippen MR) is 50.2 cm³/mol. The topological polar surface area (TPSA) is 67.0 Å². The van der Waals surface area contributed by atoms with Crippen LogP contribution in [0.25, 0.3) is 0 Å². The fourth-order valence-electron chi connectivity index (χ4n) is 0.795. The van der Waals surface area contributed by atoms with Crippen LogP contribution < -0.4 is 10.9 Å². The molecule has 0 saturated heterocycles. The molecule has 1 rings (SSSR count). The third-order valence-electron chi connectivity index (χ3n) is 1.42. The summed E-state index contributed by atoms with van der Waals surface area (Å²) < 4.78 is 4.82. The quantitative estimate of drug-likeness (QED) is 0.699. The van der Waals surface area contributed by atoms with Crippen molar-refractivity contribution in [3.8, 4) is 0 Å². The lowest BCUT2D eigenvalue weighted by atomic mass is 10.4. The maximum Gasteiger partial charge on any atom is 0.285 e. The van der Waals surface area contributed by atoms with Crippen molar-refractivity contribution in [3.63, 3.8) is 0 Å². The Balaban J connectivity index is 2.66. The number of hydrogen-bond acceptors (Lipinski definition) is 4. The smallest absolute Gasteiger partial charge is 0.285 e. The van der Waals surface area contributed by atoms with Gasteiger partial charge in [0.05, 0.1) is 18.5 Å². The second-order valence-electron chi connectivity index (χ2n) is 2.35. The maximum atomic E-state index is 11.0. The van der Waals surface area contributed by atoms with E-state index < -0.39 is 5.56 Å². The molecule has 0 aliphatic carbocycles. The number of hydrogen-bond donors (Lipinski definition) is 2. The molecule has 1 aromatic heterocycles. The number of aromatic nitrogens is 2. The number of H-pyrrole nitrogens is 1. The lowest BCUT2D eigenvalue weighted by Crippen LogP contribution is -2.14. The maximum absolute atomic E-state index is 11.0. The zero-order chi connectivity index (χ0) is 9.68. The minimum absolute atomic E-state index is 0.117. The Morgan fingerprint density at radius 1 is 1.77 bits per heavy atom. The molecular formula is C7H10ClN3O2. The first-order valence-electron chi connectivity index (χ1n) is 3.71. The van der Waals surface area contributed by atoms with Crippen LogP contribution in [-0.4, -0.2) is 30.5 Å². The molecule has 0 aromatic carbocycles. The van der Waals surface area contributed by atoms with Gasteiger partial charge in [-0.05, 0) is 0 Å². The molecule has 0 aliphatic rings. The second-order valence-corrected chi connectivity index (χ2v) is 2.72. The Morgan fingerprint density at radius 2 is 2.54 bits per heavy atom. The lowest BCUT2D eigenvalue weighted by Gasteiger charge is -2.05. The number of anilines is 1. The molecule has 0 aliphatic heterocycles. The van der Waals surface area contributed by atoms with Crippen LogP contribution in [-0.2, 0) is 4.74 Å². The summed E-state index contributed by atoms with van der Waals surface area (Å²) in [4.78, 5) is 11.0. The van der Waals surface area contributed by atoms with Crippen LogP contribution in [0.4, 0.5) is 5.69 Å². The van der Waals surface area contributed by atoms with E-state index in [-0.39, 0.29) is 5.02 Å². The van der Waals surface area contributed by atoms with Crippen molar-refractivity contribution in [2.24, 2.45) is 0 Å². The van der Waals surface area contributed by atoms with E-state index in [0.717, 1.165) is 0 Å². The van der Waals surface area contributed by atoms with Crippen LogP contribution in [0.15, 0.2) is 11.0 Å². The SMILES string of the molecule is COCCNc1cn[nH]c(=O)c1Cl. The molecular weight excluding hydrogens is 194 g/mol. The third kappa shape index (κ3) is 2.71. The van der Waals surface area contributed by atoms with E-state index in [0.29, 0.717) is 18.8 Å². The number of rotatable bonds is 4. The van der Waals surface area contributed by atoms with Gasteiger partial charge in [-0.2, -0.15) is 5.10 Å². The standard InChI is InChI=1S/C7H10ClN3O2/c1-13-3-2-9-5-4-10-11-7(12)6(5)8/h4H,2-3H2,1H3,(H2,9,11,12). The van der Waals surface area contributed by atoms with Gasteiger partial charge in [0.2, 0.25) is 0 Å². The minimum Gasteiger partial charge on any atom is -0.383 e. The summed E-state index contributed by atoms with van der Waals surface area (Å²) >= 11 is 5.69. The second kappa shape index (κ2) is 4.84. The predicted octanol–water partition coefficient (Wildman–Crippen LogP) is 0.482. The van der Waals surface area contributed by atoms with E-state index in [1.54, 1.807) is 7.11 Å². The number of halogens is 1. The fourth-order valence-corrected chi connectivity index (χ4v) is 0.952. The van der Waals surface area contributed by atoms with E-state index in [2.05, 4.69) is 15.5 Å². The Bertz CT molecular complexity index is 326. The average Bonchev–Trinajstić information content (AvgIpc) is 2.13. The largest absolute Gasteiger partial charge is 0.383 e. The summed E-state index contributed by atoms with van der Waals surface area (Å²) in [5.41, 5.74) is 0.117. The van der Waals surface area contributed by atoms with Gasteiger partial charge in [0.25, 0.3) is 5.56 Å². The summed E-state index contributed by atoms with van der Waals surface area (Å²) in [6, 6.07) is 0. The van der Waals surface area contributed by atoms with Gasteiger partial charge in [-0.1, -0.05) is 11.6 Å². The highest BCUT2D eigenvalue weighted by molar-refractivity contribution is 6.32.